The smallest absolute Gasteiger partial charge is 0.267 e. The zero-order valence-electron chi connectivity index (χ0n) is 20.6. The van der Waals surface area contributed by atoms with Gasteiger partial charge in [0.15, 0.2) is 0 Å². The van der Waals surface area contributed by atoms with E-state index in [1.54, 1.807) is 0 Å². The van der Waals surface area contributed by atoms with Crippen LogP contribution in [0.5, 0.6) is 0 Å². The van der Waals surface area contributed by atoms with Crippen molar-refractivity contribution in [2.24, 2.45) is 5.73 Å². The minimum atomic E-state index is -0.426. The van der Waals surface area contributed by atoms with Crippen LogP contribution in [-0.2, 0) is 19.4 Å². The van der Waals surface area contributed by atoms with Gasteiger partial charge in [-0.05, 0) is 67.0 Å². The van der Waals surface area contributed by atoms with Gasteiger partial charge in [0.1, 0.15) is 11.5 Å². The number of benzene rings is 2. The molecule has 0 fully saturated rings. The number of nitrogens with zero attached hydrogens (tertiary/aromatic N) is 3. The van der Waals surface area contributed by atoms with Gasteiger partial charge < -0.3 is 14.8 Å². The molecule has 0 aliphatic carbocycles. The summed E-state index contributed by atoms with van der Waals surface area (Å²) in [6, 6.07) is 16.6. The molecule has 2 heterocycles. The zero-order valence-corrected chi connectivity index (χ0v) is 21.4. The van der Waals surface area contributed by atoms with Gasteiger partial charge in [0.05, 0.1) is 11.4 Å². The summed E-state index contributed by atoms with van der Waals surface area (Å²) in [7, 11) is 0. The molecule has 4 rings (SSSR count). The Morgan fingerprint density at radius 1 is 1.11 bits per heavy atom. The molecular formula is C27H31N5O2S. The normalized spacial score (nSPS) is 11.1. The van der Waals surface area contributed by atoms with Gasteiger partial charge >= 0.3 is 0 Å². The SMILES string of the molecule is CCCc1nc(CC)c(C(N)=O)n1Cc1ccc(-c2ccccc2SNc2cc(C)no2)c(C)c1. The van der Waals surface area contributed by atoms with Crippen molar-refractivity contribution in [2.75, 3.05) is 4.72 Å². The van der Waals surface area contributed by atoms with Crippen molar-refractivity contribution in [3.05, 3.63) is 82.6 Å². The number of nitrogens with one attached hydrogen (secondary N) is 1. The van der Waals surface area contributed by atoms with Crippen molar-refractivity contribution < 1.29 is 9.32 Å². The summed E-state index contributed by atoms with van der Waals surface area (Å²) < 4.78 is 10.5. The van der Waals surface area contributed by atoms with E-state index in [-0.39, 0.29) is 0 Å². The van der Waals surface area contributed by atoms with Crippen LogP contribution < -0.4 is 10.5 Å². The predicted octanol–water partition coefficient (Wildman–Crippen LogP) is 5.94. The number of hydrogen-bond donors (Lipinski definition) is 2. The van der Waals surface area contributed by atoms with Crippen LogP contribution in [0.15, 0.2) is 57.9 Å². The van der Waals surface area contributed by atoms with Crippen LogP contribution in [0.1, 0.15) is 59.1 Å². The van der Waals surface area contributed by atoms with Crippen molar-refractivity contribution >= 4 is 23.7 Å². The van der Waals surface area contributed by atoms with E-state index >= 15 is 0 Å². The average molecular weight is 490 g/mol. The quantitative estimate of drug-likeness (QED) is 0.268. The number of anilines is 1. The molecule has 2 aromatic heterocycles. The highest BCUT2D eigenvalue weighted by molar-refractivity contribution is 8.00. The van der Waals surface area contributed by atoms with Gasteiger partial charge in [-0.3, -0.25) is 9.52 Å². The summed E-state index contributed by atoms with van der Waals surface area (Å²) in [5.41, 5.74) is 12.4. The largest absolute Gasteiger partial charge is 0.364 e. The maximum atomic E-state index is 12.3. The van der Waals surface area contributed by atoms with Crippen LogP contribution in [0.3, 0.4) is 0 Å². The van der Waals surface area contributed by atoms with E-state index in [0.29, 0.717) is 24.5 Å². The average Bonchev–Trinajstić information content (AvgIpc) is 3.41. The summed E-state index contributed by atoms with van der Waals surface area (Å²) in [6.45, 7) is 8.68. The van der Waals surface area contributed by atoms with Crippen LogP contribution in [0.25, 0.3) is 11.1 Å². The maximum Gasteiger partial charge on any atom is 0.267 e. The molecule has 0 atom stereocenters. The molecule has 0 aliphatic heterocycles. The Kier molecular flexibility index (Phi) is 7.60. The lowest BCUT2D eigenvalue weighted by Gasteiger charge is -2.15. The Hall–Kier alpha value is -3.52. The third-order valence-electron chi connectivity index (χ3n) is 5.86. The topological polar surface area (TPSA) is 99.0 Å². The third-order valence-corrected chi connectivity index (χ3v) is 6.74. The number of carbonyl (C=O) groups is 1. The summed E-state index contributed by atoms with van der Waals surface area (Å²) in [5.74, 6) is 1.11. The van der Waals surface area contributed by atoms with Crippen molar-refractivity contribution in [3.63, 3.8) is 0 Å². The van der Waals surface area contributed by atoms with E-state index in [9.17, 15) is 4.79 Å². The minimum Gasteiger partial charge on any atom is -0.364 e. The first kappa shape index (κ1) is 24.6. The number of aryl methyl sites for hydroxylation is 4. The summed E-state index contributed by atoms with van der Waals surface area (Å²) in [6.07, 6.45) is 2.43. The molecular weight excluding hydrogens is 458 g/mol. The van der Waals surface area contributed by atoms with Crippen LogP contribution in [-0.4, -0.2) is 20.6 Å². The van der Waals surface area contributed by atoms with Crippen LogP contribution in [0, 0.1) is 13.8 Å². The first-order valence-electron chi connectivity index (χ1n) is 11.8. The second-order valence-corrected chi connectivity index (χ2v) is 9.41. The van der Waals surface area contributed by atoms with Crippen LogP contribution in [0.2, 0.25) is 0 Å². The standard InChI is InChI=1S/C27H31N5O2S/c1-5-9-24-29-22(6-2)26(27(28)33)32(24)16-19-12-13-20(17(3)14-19)21-10-7-8-11-23(21)35-31-25-15-18(4)30-34-25/h7-8,10-15,31H,5-6,9,16H2,1-4H3,(H2,28,33). The van der Waals surface area contributed by atoms with Gasteiger partial charge in [0.25, 0.3) is 5.91 Å². The molecule has 0 bridgehead atoms. The number of rotatable bonds is 10. The fraction of sp³-hybridized carbons (Fsp3) is 0.296. The molecule has 8 heteroatoms. The molecule has 182 valence electrons. The highest BCUT2D eigenvalue weighted by Gasteiger charge is 2.20. The second-order valence-electron chi connectivity index (χ2n) is 8.56. The Morgan fingerprint density at radius 3 is 2.57 bits per heavy atom. The Labute approximate surface area is 210 Å². The van der Waals surface area contributed by atoms with Crippen molar-refractivity contribution in [1.29, 1.82) is 0 Å². The fourth-order valence-corrected chi connectivity index (χ4v) is 5.01. The summed E-state index contributed by atoms with van der Waals surface area (Å²) >= 11 is 1.49. The third kappa shape index (κ3) is 5.43. The number of imidazole rings is 1. The lowest BCUT2D eigenvalue weighted by molar-refractivity contribution is 0.0990. The first-order chi connectivity index (χ1) is 16.9. The molecule has 0 radical (unpaired) electrons. The molecule has 0 unspecified atom stereocenters. The van der Waals surface area contributed by atoms with Gasteiger partial charge in [0.2, 0.25) is 5.88 Å². The number of carbonyl (C=O) groups excluding carboxylic acids is 1. The lowest BCUT2D eigenvalue weighted by Crippen LogP contribution is -2.20. The number of hydrogen-bond acceptors (Lipinski definition) is 6. The highest BCUT2D eigenvalue weighted by atomic mass is 32.2. The molecule has 3 N–H and O–H groups in total. The number of aromatic nitrogens is 3. The van der Waals surface area contributed by atoms with Gasteiger partial charge in [-0.25, -0.2) is 4.98 Å². The van der Waals surface area contributed by atoms with Crippen molar-refractivity contribution in [1.82, 2.24) is 14.7 Å². The lowest BCUT2D eigenvalue weighted by atomic mass is 9.98. The Balaban J connectivity index is 1.62. The maximum absolute atomic E-state index is 12.3. The zero-order chi connectivity index (χ0) is 24.9. The van der Waals surface area contributed by atoms with E-state index in [2.05, 4.69) is 54.1 Å². The second kappa shape index (κ2) is 10.8. The summed E-state index contributed by atoms with van der Waals surface area (Å²) in [5, 5.41) is 3.92. The van der Waals surface area contributed by atoms with Gasteiger partial charge in [-0.2, -0.15) is 0 Å². The molecule has 0 saturated heterocycles. The number of primary amides is 1. The number of amides is 1. The van der Waals surface area contributed by atoms with Gasteiger partial charge in [0, 0.05) is 23.9 Å². The number of nitrogens with two attached hydrogens (primary N) is 1. The highest BCUT2D eigenvalue weighted by Crippen LogP contribution is 2.34. The first-order valence-corrected chi connectivity index (χ1v) is 12.7. The monoisotopic (exact) mass is 489 g/mol. The van der Waals surface area contributed by atoms with Gasteiger partial charge in [-0.1, -0.05) is 55.4 Å². The molecule has 35 heavy (non-hydrogen) atoms. The Morgan fingerprint density at radius 2 is 1.91 bits per heavy atom. The van der Waals surface area contributed by atoms with E-state index in [4.69, 9.17) is 15.2 Å². The molecule has 4 aromatic rings. The molecule has 7 nitrogen and oxygen atoms in total. The minimum absolute atomic E-state index is 0.426. The van der Waals surface area contributed by atoms with E-state index < -0.39 is 5.91 Å². The van der Waals surface area contributed by atoms with E-state index in [1.165, 1.54) is 11.9 Å². The fourth-order valence-electron chi connectivity index (χ4n) is 4.26. The Bertz CT molecular complexity index is 1340. The van der Waals surface area contributed by atoms with E-state index in [1.807, 2.05) is 36.6 Å². The molecule has 2 aromatic carbocycles. The predicted molar refractivity (Wildman–Crippen MR) is 141 cm³/mol. The summed E-state index contributed by atoms with van der Waals surface area (Å²) in [4.78, 5) is 18.1. The molecule has 0 saturated carbocycles. The van der Waals surface area contributed by atoms with Crippen LogP contribution >= 0.6 is 11.9 Å². The van der Waals surface area contributed by atoms with Crippen molar-refractivity contribution in [2.45, 2.75) is 58.4 Å². The molecule has 1 amide bonds. The van der Waals surface area contributed by atoms with E-state index in [0.717, 1.165) is 57.2 Å². The van der Waals surface area contributed by atoms with Crippen molar-refractivity contribution in [3.8, 4) is 11.1 Å². The van der Waals surface area contributed by atoms with Crippen LogP contribution in [0.4, 0.5) is 5.88 Å². The molecule has 0 spiro atoms. The van der Waals surface area contributed by atoms with Gasteiger partial charge in [-0.15, -0.1) is 0 Å². The molecule has 0 aliphatic rings.